The van der Waals surface area contributed by atoms with Crippen molar-refractivity contribution in [1.82, 2.24) is 0 Å². The van der Waals surface area contributed by atoms with Crippen LogP contribution in [0.1, 0.15) is 35.7 Å². The fraction of sp³-hybridized carbons (Fsp3) is 0.136. The first-order valence-electron chi connectivity index (χ1n) is 8.38. The van der Waals surface area contributed by atoms with Crippen LogP contribution in [-0.2, 0) is 4.79 Å². The maximum atomic E-state index is 13.1. The number of nitrogens with zero attached hydrogens (tertiary/aromatic N) is 1. The number of rotatable bonds is 4. The molecule has 0 spiro atoms. The Morgan fingerprint density at radius 3 is 2.28 bits per heavy atom. The van der Waals surface area contributed by atoms with Gasteiger partial charge in [0.1, 0.15) is 0 Å². The van der Waals surface area contributed by atoms with Crippen LogP contribution < -0.4 is 4.90 Å². The molecule has 0 aliphatic heterocycles. The first kappa shape index (κ1) is 16.9. The Hall–Kier alpha value is -2.94. The molecule has 3 aromatic rings. The summed E-state index contributed by atoms with van der Waals surface area (Å²) in [7, 11) is 0. The molecule has 1 radical (unpaired) electrons. The van der Waals surface area contributed by atoms with Gasteiger partial charge >= 0.3 is 0 Å². The van der Waals surface area contributed by atoms with Crippen molar-refractivity contribution in [3.8, 4) is 0 Å². The Bertz CT molecular complexity index is 913. The third kappa shape index (κ3) is 3.61. The Kier molecular flexibility index (Phi) is 4.94. The van der Waals surface area contributed by atoms with Gasteiger partial charge in [0.15, 0.2) is 0 Å². The molecule has 0 aliphatic carbocycles. The van der Waals surface area contributed by atoms with Gasteiger partial charge in [-0.25, -0.2) is 4.90 Å². The van der Waals surface area contributed by atoms with Gasteiger partial charge < -0.3 is 0 Å². The van der Waals surface area contributed by atoms with E-state index in [-0.39, 0.29) is 11.8 Å². The van der Waals surface area contributed by atoms with Gasteiger partial charge in [-0.15, -0.1) is 0 Å². The van der Waals surface area contributed by atoms with Crippen molar-refractivity contribution in [1.29, 1.82) is 0 Å². The van der Waals surface area contributed by atoms with Crippen LogP contribution in [0.3, 0.4) is 0 Å². The molecule has 2 amide bonds. The van der Waals surface area contributed by atoms with E-state index in [4.69, 9.17) is 0 Å². The van der Waals surface area contributed by atoms with Crippen molar-refractivity contribution in [2.45, 2.75) is 19.8 Å². The summed E-state index contributed by atoms with van der Waals surface area (Å²) in [5.41, 5.74) is 1.91. The summed E-state index contributed by atoms with van der Waals surface area (Å²) in [6, 6.07) is 20.5. The molecule has 3 heteroatoms. The second kappa shape index (κ2) is 7.31. The number of anilines is 1. The molecular formula is C22H20NO2. The van der Waals surface area contributed by atoms with Crippen LogP contribution in [-0.4, -0.2) is 11.8 Å². The third-order valence-corrected chi connectivity index (χ3v) is 4.11. The first-order chi connectivity index (χ1) is 12.1. The van der Waals surface area contributed by atoms with Crippen molar-refractivity contribution >= 4 is 28.3 Å². The highest BCUT2D eigenvalue weighted by Crippen LogP contribution is 2.22. The lowest BCUT2D eigenvalue weighted by Gasteiger charge is -2.21. The number of hydrogen-bond acceptors (Lipinski definition) is 2. The molecule has 0 heterocycles. The van der Waals surface area contributed by atoms with Gasteiger partial charge in [-0.1, -0.05) is 49.4 Å². The lowest BCUT2D eigenvalue weighted by molar-refractivity contribution is -0.118. The predicted molar refractivity (Wildman–Crippen MR) is 102 cm³/mol. The molecule has 0 aliphatic rings. The number of hydrogen-bond donors (Lipinski definition) is 0. The normalized spacial score (nSPS) is 10.6. The second-order valence-electron chi connectivity index (χ2n) is 6.01. The highest BCUT2D eigenvalue weighted by atomic mass is 16.2. The van der Waals surface area contributed by atoms with Crippen LogP contribution >= 0.6 is 0 Å². The Morgan fingerprint density at radius 2 is 1.60 bits per heavy atom. The third-order valence-electron chi connectivity index (χ3n) is 4.11. The van der Waals surface area contributed by atoms with Crippen LogP contribution in [0.2, 0.25) is 0 Å². The SMILES string of the molecule is [CH2]c1ccc(N(C(=O)CCC)C(=O)c2ccc3ccccc3c2)cc1. The molecule has 0 N–H and O–H groups in total. The molecule has 25 heavy (non-hydrogen) atoms. The Morgan fingerprint density at radius 1 is 0.920 bits per heavy atom. The van der Waals surface area contributed by atoms with Crippen molar-refractivity contribution in [3.05, 3.63) is 84.8 Å². The van der Waals surface area contributed by atoms with Crippen LogP contribution in [0.5, 0.6) is 0 Å². The summed E-state index contributed by atoms with van der Waals surface area (Å²) >= 11 is 0. The van der Waals surface area contributed by atoms with E-state index in [1.165, 1.54) is 4.90 Å². The molecule has 0 fully saturated rings. The zero-order chi connectivity index (χ0) is 17.8. The summed E-state index contributed by atoms with van der Waals surface area (Å²) in [6.07, 6.45) is 1.01. The van der Waals surface area contributed by atoms with E-state index in [1.807, 2.05) is 43.3 Å². The van der Waals surface area contributed by atoms with E-state index in [0.717, 1.165) is 16.3 Å². The molecule has 125 valence electrons. The molecule has 0 atom stereocenters. The summed E-state index contributed by atoms with van der Waals surface area (Å²) in [5, 5.41) is 2.04. The molecule has 3 rings (SSSR count). The number of benzene rings is 3. The molecular weight excluding hydrogens is 310 g/mol. The maximum absolute atomic E-state index is 13.1. The molecule has 3 nitrogen and oxygen atoms in total. The van der Waals surface area contributed by atoms with E-state index >= 15 is 0 Å². The highest BCUT2D eigenvalue weighted by molar-refractivity contribution is 6.21. The number of carbonyl (C=O) groups excluding carboxylic acids is 2. The molecule has 0 saturated heterocycles. The van der Waals surface area contributed by atoms with Crippen LogP contribution in [0, 0.1) is 6.92 Å². The summed E-state index contributed by atoms with van der Waals surface area (Å²) in [5.74, 6) is -0.501. The fourth-order valence-electron chi connectivity index (χ4n) is 2.80. The van der Waals surface area contributed by atoms with Crippen molar-refractivity contribution in [3.63, 3.8) is 0 Å². The lowest BCUT2D eigenvalue weighted by Crippen LogP contribution is -2.36. The smallest absolute Gasteiger partial charge is 0.265 e. The average Bonchev–Trinajstić information content (AvgIpc) is 2.63. The topological polar surface area (TPSA) is 37.4 Å². The van der Waals surface area contributed by atoms with Gasteiger partial charge in [0, 0.05) is 12.0 Å². The van der Waals surface area contributed by atoms with E-state index < -0.39 is 0 Å². The number of amides is 2. The molecule has 0 aromatic heterocycles. The van der Waals surface area contributed by atoms with E-state index in [9.17, 15) is 9.59 Å². The zero-order valence-corrected chi connectivity index (χ0v) is 14.2. The standard InChI is InChI=1S/C22H20NO2/c1-3-6-21(24)23(20-13-9-16(2)10-14-20)22(25)19-12-11-17-7-4-5-8-18(17)15-19/h4-5,7-15H,2-3,6H2,1H3. The second-order valence-corrected chi connectivity index (χ2v) is 6.01. The monoisotopic (exact) mass is 330 g/mol. The lowest BCUT2D eigenvalue weighted by atomic mass is 10.1. The summed E-state index contributed by atoms with van der Waals surface area (Å²) in [4.78, 5) is 26.9. The van der Waals surface area contributed by atoms with Crippen molar-refractivity contribution < 1.29 is 9.59 Å². The average molecular weight is 330 g/mol. The highest BCUT2D eigenvalue weighted by Gasteiger charge is 2.24. The van der Waals surface area contributed by atoms with Gasteiger partial charge in [0.25, 0.3) is 5.91 Å². The van der Waals surface area contributed by atoms with Crippen LogP contribution in [0.25, 0.3) is 10.8 Å². The first-order valence-corrected chi connectivity index (χ1v) is 8.38. The Balaban J connectivity index is 2.02. The minimum absolute atomic E-state index is 0.197. The largest absolute Gasteiger partial charge is 0.274 e. The van der Waals surface area contributed by atoms with Gasteiger partial charge in [0.05, 0.1) is 5.69 Å². The summed E-state index contributed by atoms with van der Waals surface area (Å²) in [6.45, 7) is 5.78. The minimum atomic E-state index is -0.305. The van der Waals surface area contributed by atoms with Crippen molar-refractivity contribution in [2.75, 3.05) is 4.90 Å². The van der Waals surface area contributed by atoms with E-state index in [2.05, 4.69) is 6.92 Å². The number of fused-ring (bicyclic) bond motifs is 1. The predicted octanol–water partition coefficient (Wildman–Crippen LogP) is 5.00. The molecule has 0 bridgehead atoms. The maximum Gasteiger partial charge on any atom is 0.265 e. The molecule has 3 aromatic carbocycles. The Labute approximate surface area is 147 Å². The van der Waals surface area contributed by atoms with Gasteiger partial charge in [-0.05, 0) is 53.9 Å². The quantitative estimate of drug-likeness (QED) is 0.675. The van der Waals surface area contributed by atoms with E-state index in [0.29, 0.717) is 24.1 Å². The van der Waals surface area contributed by atoms with E-state index in [1.54, 1.807) is 30.3 Å². The van der Waals surface area contributed by atoms with Crippen molar-refractivity contribution in [2.24, 2.45) is 0 Å². The molecule has 0 unspecified atom stereocenters. The fourth-order valence-corrected chi connectivity index (χ4v) is 2.80. The van der Waals surface area contributed by atoms with Gasteiger partial charge in [-0.3, -0.25) is 9.59 Å². The van der Waals surface area contributed by atoms with Crippen LogP contribution in [0.15, 0.2) is 66.7 Å². The number of imide groups is 1. The summed E-state index contributed by atoms with van der Waals surface area (Å²) < 4.78 is 0. The number of carbonyl (C=O) groups is 2. The van der Waals surface area contributed by atoms with Crippen LogP contribution in [0.4, 0.5) is 5.69 Å². The minimum Gasteiger partial charge on any atom is -0.274 e. The van der Waals surface area contributed by atoms with Gasteiger partial charge in [0.2, 0.25) is 5.91 Å². The zero-order valence-electron chi connectivity index (χ0n) is 14.2. The molecule has 0 saturated carbocycles. The van der Waals surface area contributed by atoms with Gasteiger partial charge in [-0.2, -0.15) is 0 Å².